The van der Waals surface area contributed by atoms with E-state index in [1.54, 1.807) is 0 Å². The third-order valence-corrected chi connectivity index (χ3v) is 5.28. The first kappa shape index (κ1) is 18.4. The number of hydrogen-bond donors (Lipinski definition) is 1. The Kier molecular flexibility index (Phi) is 5.78. The van der Waals surface area contributed by atoms with Crippen molar-refractivity contribution in [1.29, 1.82) is 0 Å². The molecule has 1 saturated heterocycles. The summed E-state index contributed by atoms with van der Waals surface area (Å²) in [6.07, 6.45) is 0. The highest BCUT2D eigenvalue weighted by Crippen LogP contribution is 2.22. The van der Waals surface area contributed by atoms with Crippen LogP contribution in [0.2, 0.25) is 0 Å². The van der Waals surface area contributed by atoms with Crippen LogP contribution in [0.1, 0.15) is 5.56 Å². The van der Waals surface area contributed by atoms with Crippen LogP contribution in [0.4, 0.5) is 11.4 Å². The first-order valence-corrected chi connectivity index (χ1v) is 9.84. The fourth-order valence-corrected chi connectivity index (χ4v) is 3.71. The van der Waals surface area contributed by atoms with Gasteiger partial charge in [-0.25, -0.2) is 0 Å². The first-order chi connectivity index (χ1) is 13.8. The average Bonchev–Trinajstić information content (AvgIpc) is 2.75. The molecule has 3 aromatic carbocycles. The molecular formula is C24H27N3O. The molecule has 1 aliphatic heterocycles. The van der Waals surface area contributed by atoms with Crippen molar-refractivity contribution in [2.45, 2.75) is 12.6 Å². The van der Waals surface area contributed by atoms with Crippen molar-refractivity contribution in [3.05, 3.63) is 90.5 Å². The second-order valence-electron chi connectivity index (χ2n) is 7.27. The molecule has 4 heteroatoms. The lowest BCUT2D eigenvalue weighted by atomic mass is 10.1. The van der Waals surface area contributed by atoms with E-state index < -0.39 is 0 Å². The van der Waals surface area contributed by atoms with Gasteiger partial charge in [-0.1, -0.05) is 48.5 Å². The van der Waals surface area contributed by atoms with Crippen LogP contribution >= 0.6 is 0 Å². The van der Waals surface area contributed by atoms with Crippen molar-refractivity contribution < 1.29 is 4.74 Å². The summed E-state index contributed by atoms with van der Waals surface area (Å²) in [6.45, 7) is 4.58. The van der Waals surface area contributed by atoms with E-state index in [1.807, 2.05) is 24.3 Å². The van der Waals surface area contributed by atoms with Gasteiger partial charge in [0.25, 0.3) is 0 Å². The maximum absolute atomic E-state index is 6.13. The maximum atomic E-state index is 6.13. The molecule has 2 N–H and O–H groups in total. The van der Waals surface area contributed by atoms with Crippen LogP contribution in [-0.2, 0) is 6.54 Å². The summed E-state index contributed by atoms with van der Waals surface area (Å²) in [5, 5.41) is 0. The predicted octanol–water partition coefficient (Wildman–Crippen LogP) is 4.04. The number of benzene rings is 3. The van der Waals surface area contributed by atoms with Gasteiger partial charge >= 0.3 is 0 Å². The van der Waals surface area contributed by atoms with Gasteiger partial charge in [0.2, 0.25) is 0 Å². The van der Waals surface area contributed by atoms with Gasteiger partial charge in [0.15, 0.2) is 0 Å². The van der Waals surface area contributed by atoms with E-state index in [0.29, 0.717) is 12.6 Å². The summed E-state index contributed by atoms with van der Waals surface area (Å²) < 4.78 is 6.13. The first-order valence-electron chi connectivity index (χ1n) is 9.84. The van der Waals surface area contributed by atoms with Gasteiger partial charge in [-0.05, 0) is 42.0 Å². The van der Waals surface area contributed by atoms with E-state index in [9.17, 15) is 0 Å². The minimum absolute atomic E-state index is 0.312. The topological polar surface area (TPSA) is 41.7 Å². The molecule has 0 spiro atoms. The van der Waals surface area contributed by atoms with E-state index >= 15 is 0 Å². The van der Waals surface area contributed by atoms with Crippen molar-refractivity contribution in [2.24, 2.45) is 0 Å². The van der Waals surface area contributed by atoms with Gasteiger partial charge in [-0.3, -0.25) is 4.90 Å². The second-order valence-corrected chi connectivity index (χ2v) is 7.27. The molecule has 1 atom stereocenters. The van der Waals surface area contributed by atoms with Crippen LogP contribution in [-0.4, -0.2) is 37.2 Å². The zero-order valence-corrected chi connectivity index (χ0v) is 16.1. The SMILES string of the molecule is Nc1ccc(OCC2CN(c3ccccc3)CCN2Cc2ccccc2)cc1. The maximum Gasteiger partial charge on any atom is 0.119 e. The highest BCUT2D eigenvalue weighted by atomic mass is 16.5. The summed E-state index contributed by atoms with van der Waals surface area (Å²) in [6, 6.07) is 29.3. The van der Waals surface area contributed by atoms with Crippen LogP contribution in [0.25, 0.3) is 0 Å². The van der Waals surface area contributed by atoms with Crippen molar-refractivity contribution in [3.63, 3.8) is 0 Å². The molecule has 28 heavy (non-hydrogen) atoms. The number of para-hydroxylation sites is 1. The summed E-state index contributed by atoms with van der Waals surface area (Å²) in [5.41, 5.74) is 9.16. The highest BCUT2D eigenvalue weighted by Gasteiger charge is 2.27. The minimum atomic E-state index is 0.312. The molecule has 0 aromatic heterocycles. The number of ether oxygens (including phenoxy) is 1. The number of rotatable bonds is 6. The Labute approximate surface area is 167 Å². The van der Waals surface area contributed by atoms with Crippen molar-refractivity contribution in [3.8, 4) is 5.75 Å². The van der Waals surface area contributed by atoms with Crippen molar-refractivity contribution >= 4 is 11.4 Å². The Morgan fingerprint density at radius 2 is 1.50 bits per heavy atom. The molecule has 0 bridgehead atoms. The molecule has 1 unspecified atom stereocenters. The smallest absolute Gasteiger partial charge is 0.119 e. The van der Waals surface area contributed by atoms with Gasteiger partial charge < -0.3 is 15.4 Å². The molecule has 3 aromatic rings. The molecule has 4 rings (SSSR count). The Morgan fingerprint density at radius 1 is 0.821 bits per heavy atom. The normalized spacial score (nSPS) is 17.4. The van der Waals surface area contributed by atoms with E-state index in [0.717, 1.165) is 37.6 Å². The lowest BCUT2D eigenvalue weighted by molar-refractivity contribution is 0.115. The number of hydrogen-bond acceptors (Lipinski definition) is 4. The third-order valence-electron chi connectivity index (χ3n) is 5.28. The Morgan fingerprint density at radius 3 is 2.21 bits per heavy atom. The standard InChI is InChI=1S/C24H27N3O/c25-21-11-13-24(14-12-21)28-19-23-18-27(22-9-5-2-6-10-22)16-15-26(23)17-20-7-3-1-4-8-20/h1-14,23H,15-19,25H2. The number of nitrogens with two attached hydrogens (primary N) is 1. The summed E-state index contributed by atoms with van der Waals surface area (Å²) in [5.74, 6) is 0.866. The highest BCUT2D eigenvalue weighted by molar-refractivity contribution is 5.47. The monoisotopic (exact) mass is 373 g/mol. The summed E-state index contributed by atoms with van der Waals surface area (Å²) in [4.78, 5) is 4.99. The van der Waals surface area contributed by atoms with Gasteiger partial charge in [-0.15, -0.1) is 0 Å². The Hall–Kier alpha value is -2.98. The van der Waals surface area contributed by atoms with E-state index in [4.69, 9.17) is 10.5 Å². The average molecular weight is 374 g/mol. The molecule has 1 aliphatic rings. The molecule has 0 aliphatic carbocycles. The van der Waals surface area contributed by atoms with Crippen molar-refractivity contribution in [1.82, 2.24) is 4.90 Å². The largest absolute Gasteiger partial charge is 0.492 e. The molecule has 144 valence electrons. The molecule has 1 heterocycles. The second kappa shape index (κ2) is 8.81. The third kappa shape index (κ3) is 4.65. The van der Waals surface area contributed by atoms with Gasteiger partial charge in [0, 0.05) is 37.6 Å². The zero-order chi connectivity index (χ0) is 19.2. The number of piperazine rings is 1. The minimum Gasteiger partial charge on any atom is -0.492 e. The Balaban J connectivity index is 1.47. The van der Waals surface area contributed by atoms with Gasteiger partial charge in [0.1, 0.15) is 12.4 Å². The molecule has 1 fully saturated rings. The van der Waals surface area contributed by atoms with Crippen LogP contribution < -0.4 is 15.4 Å². The number of anilines is 2. The predicted molar refractivity (Wildman–Crippen MR) is 116 cm³/mol. The molecule has 0 radical (unpaired) electrons. The zero-order valence-electron chi connectivity index (χ0n) is 16.1. The molecular weight excluding hydrogens is 346 g/mol. The fraction of sp³-hybridized carbons (Fsp3) is 0.250. The quantitative estimate of drug-likeness (QED) is 0.662. The summed E-state index contributed by atoms with van der Waals surface area (Å²) >= 11 is 0. The molecule has 0 amide bonds. The van der Waals surface area contributed by atoms with Gasteiger partial charge in [-0.2, -0.15) is 0 Å². The van der Waals surface area contributed by atoms with Gasteiger partial charge in [0.05, 0.1) is 6.04 Å². The van der Waals surface area contributed by atoms with Crippen LogP contribution in [0.15, 0.2) is 84.9 Å². The molecule has 4 nitrogen and oxygen atoms in total. The number of nitrogen functional groups attached to an aromatic ring is 1. The Bertz CT molecular complexity index is 852. The number of nitrogens with zero attached hydrogens (tertiary/aromatic N) is 2. The lowest BCUT2D eigenvalue weighted by Crippen LogP contribution is -2.55. The fourth-order valence-electron chi connectivity index (χ4n) is 3.71. The van der Waals surface area contributed by atoms with Crippen LogP contribution in [0, 0.1) is 0 Å². The van der Waals surface area contributed by atoms with Crippen molar-refractivity contribution in [2.75, 3.05) is 36.9 Å². The van der Waals surface area contributed by atoms with E-state index in [1.165, 1.54) is 11.3 Å². The molecule has 0 saturated carbocycles. The van der Waals surface area contributed by atoms with Crippen LogP contribution in [0.5, 0.6) is 5.75 Å². The van der Waals surface area contributed by atoms with E-state index in [2.05, 4.69) is 70.5 Å². The van der Waals surface area contributed by atoms with E-state index in [-0.39, 0.29) is 0 Å². The van der Waals surface area contributed by atoms with Crippen LogP contribution in [0.3, 0.4) is 0 Å². The lowest BCUT2D eigenvalue weighted by Gasteiger charge is -2.42. The summed E-state index contributed by atoms with van der Waals surface area (Å²) in [7, 11) is 0.